The van der Waals surface area contributed by atoms with Crippen LogP contribution >= 0.6 is 11.6 Å². The van der Waals surface area contributed by atoms with Crippen LogP contribution in [0, 0.1) is 5.95 Å². The Morgan fingerprint density at radius 1 is 1.07 bits per heavy atom. The van der Waals surface area contributed by atoms with E-state index in [0.29, 0.717) is 42.8 Å². The maximum Gasteiger partial charge on any atom is 0.252 e. The van der Waals surface area contributed by atoms with Crippen LogP contribution in [0.25, 0.3) is 0 Å². The number of benzene rings is 1. The van der Waals surface area contributed by atoms with Crippen LogP contribution in [0.2, 0.25) is 5.02 Å². The molecule has 0 aliphatic carbocycles. The molecule has 0 fully saturated rings. The average Bonchev–Trinajstić information content (AvgIpc) is 2.63. The van der Waals surface area contributed by atoms with Crippen LogP contribution in [0.3, 0.4) is 0 Å². The standard InChI is InChI=1S/C20H22ClF3N2O/c21-17-8-2-1-7-16(17)19(27)25-13-4-3-11-20(23,24)12-5-6-15-9-10-18(22)26-14-15/h1-2,7-10,14H,3-6,11-13H2,(H,25,27). The third-order valence-corrected chi connectivity index (χ3v) is 4.50. The predicted molar refractivity (Wildman–Crippen MR) is 99.7 cm³/mol. The molecule has 0 radical (unpaired) electrons. The predicted octanol–water partition coefficient (Wildman–Crippen LogP) is 5.43. The minimum Gasteiger partial charge on any atom is -0.352 e. The first kappa shape index (κ1) is 21.2. The van der Waals surface area contributed by atoms with Crippen LogP contribution < -0.4 is 5.32 Å². The molecule has 0 bridgehead atoms. The Bertz CT molecular complexity index is 738. The quantitative estimate of drug-likeness (QED) is 0.428. The van der Waals surface area contributed by atoms with E-state index in [1.54, 1.807) is 30.3 Å². The van der Waals surface area contributed by atoms with Gasteiger partial charge in [0, 0.05) is 25.6 Å². The van der Waals surface area contributed by atoms with Crippen molar-refractivity contribution < 1.29 is 18.0 Å². The molecule has 146 valence electrons. The van der Waals surface area contributed by atoms with Gasteiger partial charge in [-0.3, -0.25) is 4.79 Å². The van der Waals surface area contributed by atoms with Gasteiger partial charge < -0.3 is 5.32 Å². The van der Waals surface area contributed by atoms with Gasteiger partial charge in [-0.05, 0) is 49.4 Å². The van der Waals surface area contributed by atoms with E-state index in [4.69, 9.17) is 11.6 Å². The van der Waals surface area contributed by atoms with Crippen molar-refractivity contribution in [2.24, 2.45) is 0 Å². The summed E-state index contributed by atoms with van der Waals surface area (Å²) in [5.41, 5.74) is 1.12. The lowest BCUT2D eigenvalue weighted by atomic mass is 10.0. The van der Waals surface area contributed by atoms with Gasteiger partial charge in [0.25, 0.3) is 5.91 Å². The second-order valence-electron chi connectivity index (χ2n) is 6.39. The molecule has 1 heterocycles. The number of alkyl halides is 2. The van der Waals surface area contributed by atoms with Gasteiger partial charge in [-0.15, -0.1) is 0 Å². The summed E-state index contributed by atoms with van der Waals surface area (Å²) in [6.07, 6.45) is 2.45. The molecule has 1 aromatic carbocycles. The SMILES string of the molecule is O=C(NCCCCC(F)(F)CCCc1ccc(F)nc1)c1ccccc1Cl. The average molecular weight is 399 g/mol. The van der Waals surface area contributed by atoms with Gasteiger partial charge in [0.1, 0.15) is 0 Å². The number of aryl methyl sites for hydroxylation is 1. The highest BCUT2D eigenvalue weighted by molar-refractivity contribution is 6.33. The maximum atomic E-state index is 13.9. The van der Waals surface area contributed by atoms with Crippen molar-refractivity contribution in [3.05, 3.63) is 64.7 Å². The van der Waals surface area contributed by atoms with Crippen molar-refractivity contribution in [2.75, 3.05) is 6.54 Å². The molecular formula is C20H22ClF3N2O. The molecule has 0 unspecified atom stereocenters. The molecule has 2 aromatic rings. The number of hydrogen-bond acceptors (Lipinski definition) is 2. The molecule has 1 amide bonds. The number of nitrogens with one attached hydrogen (secondary N) is 1. The summed E-state index contributed by atoms with van der Waals surface area (Å²) in [6, 6.07) is 9.46. The lowest BCUT2D eigenvalue weighted by Gasteiger charge is -2.16. The molecule has 7 heteroatoms. The Hall–Kier alpha value is -2.08. The van der Waals surface area contributed by atoms with Gasteiger partial charge >= 0.3 is 0 Å². The summed E-state index contributed by atoms with van der Waals surface area (Å²) < 4.78 is 40.5. The maximum absolute atomic E-state index is 13.9. The molecule has 0 saturated carbocycles. The molecule has 27 heavy (non-hydrogen) atoms. The van der Waals surface area contributed by atoms with E-state index in [-0.39, 0.29) is 18.7 Å². The van der Waals surface area contributed by atoms with Crippen molar-refractivity contribution in [2.45, 2.75) is 44.4 Å². The second-order valence-corrected chi connectivity index (χ2v) is 6.80. The first-order valence-corrected chi connectivity index (χ1v) is 9.26. The van der Waals surface area contributed by atoms with Gasteiger partial charge in [-0.25, -0.2) is 13.8 Å². The Kier molecular flexibility index (Phi) is 8.10. The van der Waals surface area contributed by atoms with E-state index in [1.807, 2.05) is 0 Å². The topological polar surface area (TPSA) is 42.0 Å². The summed E-state index contributed by atoms with van der Waals surface area (Å²) in [7, 11) is 0. The number of nitrogens with zero attached hydrogens (tertiary/aromatic N) is 1. The van der Waals surface area contributed by atoms with E-state index in [2.05, 4.69) is 10.3 Å². The number of rotatable bonds is 10. The minimum atomic E-state index is -2.75. The Labute approximate surface area is 162 Å². The molecule has 0 spiro atoms. The molecule has 0 aliphatic rings. The van der Waals surface area contributed by atoms with E-state index in [1.165, 1.54) is 12.3 Å². The van der Waals surface area contributed by atoms with Crippen molar-refractivity contribution in [1.82, 2.24) is 10.3 Å². The highest BCUT2D eigenvalue weighted by Gasteiger charge is 2.27. The number of unbranched alkanes of at least 4 members (excludes halogenated alkanes) is 1. The van der Waals surface area contributed by atoms with Gasteiger partial charge in [0.15, 0.2) is 0 Å². The molecule has 3 nitrogen and oxygen atoms in total. The summed E-state index contributed by atoms with van der Waals surface area (Å²) in [5, 5.41) is 3.05. The van der Waals surface area contributed by atoms with Crippen LogP contribution in [0.1, 0.15) is 48.0 Å². The molecule has 0 aliphatic heterocycles. The largest absolute Gasteiger partial charge is 0.352 e. The van der Waals surface area contributed by atoms with Gasteiger partial charge in [-0.1, -0.05) is 29.8 Å². The molecule has 1 aromatic heterocycles. The number of halogens is 4. The number of carbonyl (C=O) groups excluding carboxylic acids is 1. The Morgan fingerprint density at radius 2 is 1.81 bits per heavy atom. The highest BCUT2D eigenvalue weighted by Crippen LogP contribution is 2.27. The third kappa shape index (κ3) is 7.59. The summed E-state index contributed by atoms with van der Waals surface area (Å²) >= 11 is 5.94. The van der Waals surface area contributed by atoms with Crippen LogP contribution in [0.4, 0.5) is 13.2 Å². The number of pyridine rings is 1. The molecule has 1 N–H and O–H groups in total. The second kappa shape index (κ2) is 10.3. The molecule has 0 saturated heterocycles. The number of hydrogen-bond donors (Lipinski definition) is 1. The zero-order chi connectivity index (χ0) is 19.7. The van der Waals surface area contributed by atoms with Crippen molar-refractivity contribution in [1.29, 1.82) is 0 Å². The van der Waals surface area contributed by atoms with E-state index in [9.17, 15) is 18.0 Å². The molecule has 0 atom stereocenters. The smallest absolute Gasteiger partial charge is 0.252 e. The zero-order valence-corrected chi connectivity index (χ0v) is 15.6. The van der Waals surface area contributed by atoms with E-state index >= 15 is 0 Å². The summed E-state index contributed by atoms with van der Waals surface area (Å²) in [4.78, 5) is 15.5. The summed E-state index contributed by atoms with van der Waals surface area (Å²) in [5.74, 6) is -3.63. The first-order chi connectivity index (χ1) is 12.9. The highest BCUT2D eigenvalue weighted by atomic mass is 35.5. The van der Waals surface area contributed by atoms with Crippen molar-refractivity contribution in [3.8, 4) is 0 Å². The van der Waals surface area contributed by atoms with Crippen LogP contribution in [-0.2, 0) is 6.42 Å². The van der Waals surface area contributed by atoms with Gasteiger partial charge in [0.2, 0.25) is 11.9 Å². The molecular weight excluding hydrogens is 377 g/mol. The minimum absolute atomic E-state index is 0.226. The van der Waals surface area contributed by atoms with E-state index in [0.717, 1.165) is 5.56 Å². The zero-order valence-electron chi connectivity index (χ0n) is 14.9. The first-order valence-electron chi connectivity index (χ1n) is 8.88. The van der Waals surface area contributed by atoms with Crippen molar-refractivity contribution in [3.63, 3.8) is 0 Å². The van der Waals surface area contributed by atoms with Crippen LogP contribution in [0.5, 0.6) is 0 Å². The lowest BCUT2D eigenvalue weighted by molar-refractivity contribution is -0.0198. The fraction of sp³-hybridized carbons (Fsp3) is 0.400. The van der Waals surface area contributed by atoms with Gasteiger partial charge in [0.05, 0.1) is 10.6 Å². The monoisotopic (exact) mass is 398 g/mol. The molecule has 2 rings (SSSR count). The Morgan fingerprint density at radius 3 is 2.52 bits per heavy atom. The lowest BCUT2D eigenvalue weighted by Crippen LogP contribution is -2.25. The van der Waals surface area contributed by atoms with Crippen molar-refractivity contribution >= 4 is 17.5 Å². The summed E-state index contributed by atoms with van der Waals surface area (Å²) in [6.45, 7) is 0.321. The van der Waals surface area contributed by atoms with Crippen LogP contribution in [-0.4, -0.2) is 23.4 Å². The third-order valence-electron chi connectivity index (χ3n) is 4.17. The van der Waals surface area contributed by atoms with E-state index < -0.39 is 11.9 Å². The number of aromatic nitrogens is 1. The van der Waals surface area contributed by atoms with Gasteiger partial charge in [-0.2, -0.15) is 4.39 Å². The fourth-order valence-corrected chi connectivity index (χ4v) is 2.90. The Balaban J connectivity index is 1.61. The fourth-order valence-electron chi connectivity index (χ4n) is 2.68. The number of amides is 1. The normalized spacial score (nSPS) is 11.4. The van der Waals surface area contributed by atoms with Crippen LogP contribution in [0.15, 0.2) is 42.6 Å². The number of carbonyl (C=O) groups is 1.